The number of nitrogens with zero attached hydrogens (tertiary/aromatic N) is 2. The van der Waals surface area contributed by atoms with Crippen molar-refractivity contribution < 1.29 is 13.6 Å². The fourth-order valence-electron chi connectivity index (χ4n) is 1.30. The van der Waals surface area contributed by atoms with Crippen molar-refractivity contribution in [3.63, 3.8) is 0 Å². The molecular weight excluding hydrogens is 283 g/mol. The highest BCUT2D eigenvalue weighted by Crippen LogP contribution is 2.60. The lowest BCUT2D eigenvalue weighted by molar-refractivity contribution is 0.221. The minimum Gasteiger partial charge on any atom is -0.414 e. The lowest BCUT2D eigenvalue weighted by atomic mass is 10.2. The average Bonchev–Trinajstić information content (AvgIpc) is 2.28. The van der Waals surface area contributed by atoms with Gasteiger partial charge in [0.25, 0.3) is 0 Å². The lowest BCUT2D eigenvalue weighted by Crippen LogP contribution is -2.04. The molecule has 0 N–H and O–H groups in total. The predicted octanol–water partition coefficient (Wildman–Crippen LogP) is 4.27. The number of aromatic nitrogens is 2. The number of hydrogen-bond acceptors (Lipinski definition) is 6. The topological polar surface area (TPSA) is 61.3 Å². The molecule has 7 heteroatoms. The zero-order chi connectivity index (χ0) is 14.5. The van der Waals surface area contributed by atoms with Gasteiger partial charge in [0.15, 0.2) is 5.75 Å². The number of rotatable bonds is 7. The van der Waals surface area contributed by atoms with Crippen LogP contribution in [0.15, 0.2) is 12.4 Å². The fourth-order valence-corrected chi connectivity index (χ4v) is 4.70. The van der Waals surface area contributed by atoms with E-state index in [0.29, 0.717) is 11.5 Å². The second-order valence-corrected chi connectivity index (χ2v) is 8.78. The molecule has 108 valence electrons. The van der Waals surface area contributed by atoms with Crippen LogP contribution in [0.4, 0.5) is 0 Å². The number of hydrogen-bond donors (Lipinski definition) is 0. The van der Waals surface area contributed by atoms with Gasteiger partial charge in [-0.3, -0.25) is 4.52 Å². The standard InChI is InChI=1S/C12H21N2O3PS/c1-6-19-18(15,16-10(4)5)17-11-7-13-12(9(2)3)14-8-11/h7-10H,6H2,1-5H3. The Morgan fingerprint density at radius 3 is 2.26 bits per heavy atom. The summed E-state index contributed by atoms with van der Waals surface area (Å²) in [5.74, 6) is 2.00. The minimum absolute atomic E-state index is 0.166. The molecule has 0 saturated carbocycles. The highest BCUT2D eigenvalue weighted by molar-refractivity contribution is 8.55. The quantitative estimate of drug-likeness (QED) is 0.701. The molecule has 0 aliphatic carbocycles. The van der Waals surface area contributed by atoms with Gasteiger partial charge in [-0.05, 0) is 25.2 Å². The van der Waals surface area contributed by atoms with Crippen LogP contribution >= 0.6 is 18.2 Å². The molecule has 0 aromatic carbocycles. The van der Waals surface area contributed by atoms with Crippen molar-refractivity contribution in [2.45, 2.75) is 46.6 Å². The van der Waals surface area contributed by atoms with Crippen molar-refractivity contribution in [2.24, 2.45) is 0 Å². The first kappa shape index (κ1) is 16.5. The molecule has 0 amide bonds. The molecular formula is C12H21N2O3PS. The van der Waals surface area contributed by atoms with E-state index < -0.39 is 6.80 Å². The molecule has 0 aliphatic rings. The summed E-state index contributed by atoms with van der Waals surface area (Å²) < 4.78 is 23.3. The molecule has 0 fully saturated rings. The zero-order valence-electron chi connectivity index (χ0n) is 12.0. The molecule has 5 nitrogen and oxygen atoms in total. The van der Waals surface area contributed by atoms with E-state index in [4.69, 9.17) is 9.05 Å². The molecule has 1 atom stereocenters. The van der Waals surface area contributed by atoms with E-state index in [9.17, 15) is 4.57 Å². The summed E-state index contributed by atoms with van der Waals surface area (Å²) in [6.07, 6.45) is 2.91. The Balaban J connectivity index is 2.81. The summed E-state index contributed by atoms with van der Waals surface area (Å²) in [6, 6.07) is 0. The largest absolute Gasteiger partial charge is 0.440 e. The maximum absolute atomic E-state index is 12.5. The van der Waals surface area contributed by atoms with E-state index in [1.807, 2.05) is 34.6 Å². The van der Waals surface area contributed by atoms with Crippen molar-refractivity contribution in [3.05, 3.63) is 18.2 Å². The van der Waals surface area contributed by atoms with Crippen LogP contribution in [0.5, 0.6) is 5.75 Å². The SMILES string of the molecule is CCSP(=O)(Oc1cnc(C(C)C)nc1)OC(C)C. The molecule has 19 heavy (non-hydrogen) atoms. The Bertz CT molecular complexity index is 437. The predicted molar refractivity (Wildman–Crippen MR) is 78.7 cm³/mol. The van der Waals surface area contributed by atoms with Gasteiger partial charge >= 0.3 is 6.80 Å². The van der Waals surface area contributed by atoms with Crippen LogP contribution in [-0.4, -0.2) is 21.8 Å². The summed E-state index contributed by atoms with van der Waals surface area (Å²) in [5, 5.41) is 0. The fraction of sp³-hybridized carbons (Fsp3) is 0.667. The van der Waals surface area contributed by atoms with E-state index in [1.54, 1.807) is 0 Å². The van der Waals surface area contributed by atoms with Crippen molar-refractivity contribution in [1.29, 1.82) is 0 Å². The van der Waals surface area contributed by atoms with E-state index in [2.05, 4.69) is 9.97 Å². The van der Waals surface area contributed by atoms with Gasteiger partial charge in [0.2, 0.25) is 0 Å². The highest BCUT2D eigenvalue weighted by atomic mass is 32.7. The zero-order valence-corrected chi connectivity index (χ0v) is 13.7. The normalized spacial score (nSPS) is 14.7. The van der Waals surface area contributed by atoms with Crippen molar-refractivity contribution >= 4 is 18.2 Å². The molecule has 0 saturated heterocycles. The Hall–Kier alpha value is -0.580. The molecule has 0 spiro atoms. The third-order valence-electron chi connectivity index (χ3n) is 2.01. The second kappa shape index (κ2) is 7.27. The monoisotopic (exact) mass is 304 g/mol. The molecule has 1 heterocycles. The highest BCUT2D eigenvalue weighted by Gasteiger charge is 2.28. The Labute approximate surface area is 118 Å². The van der Waals surface area contributed by atoms with Crippen molar-refractivity contribution in [2.75, 3.05) is 5.75 Å². The van der Waals surface area contributed by atoms with E-state index in [1.165, 1.54) is 23.8 Å². The Morgan fingerprint density at radius 2 is 1.84 bits per heavy atom. The maximum atomic E-state index is 12.5. The summed E-state index contributed by atoms with van der Waals surface area (Å²) in [5.41, 5.74) is 0. The Morgan fingerprint density at radius 1 is 1.26 bits per heavy atom. The smallest absolute Gasteiger partial charge is 0.414 e. The first-order valence-corrected chi connectivity index (χ1v) is 9.44. The molecule has 1 aromatic heterocycles. The molecule has 1 rings (SSSR count). The van der Waals surface area contributed by atoms with Crippen molar-refractivity contribution in [1.82, 2.24) is 9.97 Å². The first-order valence-electron chi connectivity index (χ1n) is 6.30. The van der Waals surface area contributed by atoms with Gasteiger partial charge in [-0.1, -0.05) is 20.8 Å². The van der Waals surface area contributed by atoms with Crippen LogP contribution in [0.1, 0.15) is 46.4 Å². The summed E-state index contributed by atoms with van der Waals surface area (Å²) in [4.78, 5) is 8.36. The molecule has 0 aliphatic heterocycles. The maximum Gasteiger partial charge on any atom is 0.440 e. The van der Waals surface area contributed by atoms with Crippen LogP contribution < -0.4 is 4.52 Å². The third kappa shape index (κ3) is 5.51. The van der Waals surface area contributed by atoms with Crippen LogP contribution in [0.2, 0.25) is 0 Å². The molecule has 1 unspecified atom stereocenters. The van der Waals surface area contributed by atoms with Crippen LogP contribution in [0.3, 0.4) is 0 Å². The molecule has 1 aromatic rings. The van der Waals surface area contributed by atoms with Crippen molar-refractivity contribution in [3.8, 4) is 5.75 Å². The molecule has 0 bridgehead atoms. The van der Waals surface area contributed by atoms with Crippen LogP contribution in [-0.2, 0) is 9.09 Å². The van der Waals surface area contributed by atoms with E-state index in [0.717, 1.165) is 5.82 Å². The van der Waals surface area contributed by atoms with Crippen LogP contribution in [0, 0.1) is 0 Å². The lowest BCUT2D eigenvalue weighted by Gasteiger charge is -2.19. The average molecular weight is 304 g/mol. The summed E-state index contributed by atoms with van der Waals surface area (Å²) in [7, 11) is 0. The van der Waals surface area contributed by atoms with Gasteiger partial charge in [0.05, 0.1) is 18.5 Å². The molecule has 0 radical (unpaired) electrons. The summed E-state index contributed by atoms with van der Waals surface area (Å²) in [6.45, 7) is 6.37. The minimum atomic E-state index is -3.20. The summed E-state index contributed by atoms with van der Waals surface area (Å²) >= 11 is 1.17. The van der Waals surface area contributed by atoms with E-state index in [-0.39, 0.29) is 12.0 Å². The van der Waals surface area contributed by atoms with Gasteiger partial charge in [-0.2, -0.15) is 0 Å². The van der Waals surface area contributed by atoms with E-state index >= 15 is 0 Å². The van der Waals surface area contributed by atoms with Gasteiger partial charge in [-0.15, -0.1) is 0 Å². The Kier molecular flexibility index (Phi) is 6.30. The second-order valence-electron chi connectivity index (χ2n) is 4.54. The van der Waals surface area contributed by atoms with Gasteiger partial charge in [0.1, 0.15) is 5.82 Å². The van der Waals surface area contributed by atoms with Gasteiger partial charge < -0.3 is 4.52 Å². The first-order chi connectivity index (χ1) is 8.86. The third-order valence-corrected chi connectivity index (χ3v) is 5.90. The van der Waals surface area contributed by atoms with Gasteiger partial charge in [-0.25, -0.2) is 14.5 Å². The van der Waals surface area contributed by atoms with Crippen LogP contribution in [0.25, 0.3) is 0 Å². The van der Waals surface area contributed by atoms with Gasteiger partial charge in [0, 0.05) is 11.7 Å².